The number of unbranched alkanes of at least 4 members (excludes halogenated alkanes) is 30. The van der Waals surface area contributed by atoms with Crippen molar-refractivity contribution >= 4 is 17.9 Å². The molecule has 1 atom stereocenters. The third kappa shape index (κ3) is 61.1. The molecule has 0 aliphatic heterocycles. The number of hydrogen-bond acceptors (Lipinski definition) is 6. The molecule has 0 heterocycles. The summed E-state index contributed by atoms with van der Waals surface area (Å²) in [5.74, 6) is -0.932. The van der Waals surface area contributed by atoms with Crippen molar-refractivity contribution in [3.63, 3.8) is 0 Å². The smallest absolute Gasteiger partial charge is 0.306 e. The Kier molecular flexibility index (Phi) is 59.8. The van der Waals surface area contributed by atoms with Gasteiger partial charge in [0.2, 0.25) is 0 Å². The molecule has 6 heteroatoms. The maximum absolute atomic E-state index is 12.9. The van der Waals surface area contributed by atoms with Crippen LogP contribution in [-0.4, -0.2) is 37.2 Å². The molecule has 75 heavy (non-hydrogen) atoms. The van der Waals surface area contributed by atoms with Crippen LogP contribution in [0.4, 0.5) is 0 Å². The molecule has 0 bridgehead atoms. The van der Waals surface area contributed by atoms with Gasteiger partial charge in [0.05, 0.1) is 0 Å². The van der Waals surface area contributed by atoms with Gasteiger partial charge in [0, 0.05) is 19.3 Å². The van der Waals surface area contributed by atoms with Gasteiger partial charge in [-0.15, -0.1) is 0 Å². The lowest BCUT2D eigenvalue weighted by Crippen LogP contribution is -2.30. The highest BCUT2D eigenvalue weighted by Crippen LogP contribution is 2.15. The van der Waals surface area contributed by atoms with Gasteiger partial charge in [-0.1, -0.05) is 253 Å². The highest BCUT2D eigenvalue weighted by Gasteiger charge is 2.19. The first-order valence-electron chi connectivity index (χ1n) is 31.7. The fourth-order valence-corrected chi connectivity index (χ4v) is 8.72. The van der Waals surface area contributed by atoms with Crippen molar-refractivity contribution < 1.29 is 28.6 Å². The Labute approximate surface area is 464 Å². The molecule has 0 aromatic rings. The zero-order chi connectivity index (χ0) is 54.3. The fraction of sp³-hybridized carbons (Fsp3) is 0.725. The van der Waals surface area contributed by atoms with E-state index in [1.807, 2.05) is 0 Å². The average Bonchev–Trinajstić information content (AvgIpc) is 3.41. The van der Waals surface area contributed by atoms with Gasteiger partial charge in [-0.05, 0) is 128 Å². The number of esters is 3. The summed E-state index contributed by atoms with van der Waals surface area (Å²) in [5.41, 5.74) is 0. The van der Waals surface area contributed by atoms with Crippen molar-refractivity contribution in [2.24, 2.45) is 0 Å². The van der Waals surface area contributed by atoms with Crippen LogP contribution in [0.3, 0.4) is 0 Å². The lowest BCUT2D eigenvalue weighted by atomic mass is 10.1. The lowest BCUT2D eigenvalue weighted by molar-refractivity contribution is -0.167. The zero-order valence-electron chi connectivity index (χ0n) is 49.3. The zero-order valence-corrected chi connectivity index (χ0v) is 49.3. The topological polar surface area (TPSA) is 78.9 Å². The molecule has 0 unspecified atom stereocenters. The first-order valence-corrected chi connectivity index (χ1v) is 31.7. The van der Waals surface area contributed by atoms with Gasteiger partial charge in [0.15, 0.2) is 6.10 Å². The van der Waals surface area contributed by atoms with Crippen LogP contribution in [0, 0.1) is 0 Å². The SMILES string of the molecule is CCCCC/C=C\C/C=C\C/C=C\C/C=C\CCCCCC(=O)OC[C@@H](COC(=O)CCCCCCCCCCC/C=C\CCCCCCCC)OC(=O)CCCCCCCC/C=C\C/C=C\C/C=C\CCCCC. The van der Waals surface area contributed by atoms with Crippen molar-refractivity contribution in [1.82, 2.24) is 0 Å². The Hall–Kier alpha value is -3.67. The second kappa shape index (κ2) is 62.9. The van der Waals surface area contributed by atoms with Gasteiger partial charge in [0.25, 0.3) is 0 Å². The molecule has 0 saturated carbocycles. The van der Waals surface area contributed by atoms with Crippen molar-refractivity contribution in [1.29, 1.82) is 0 Å². The third-order valence-electron chi connectivity index (χ3n) is 13.5. The van der Waals surface area contributed by atoms with Crippen LogP contribution in [0.2, 0.25) is 0 Å². The highest BCUT2D eigenvalue weighted by molar-refractivity contribution is 5.71. The van der Waals surface area contributed by atoms with Gasteiger partial charge < -0.3 is 14.2 Å². The molecule has 430 valence electrons. The number of hydrogen-bond donors (Lipinski definition) is 0. The first-order chi connectivity index (χ1) is 37.0. The minimum absolute atomic E-state index is 0.0941. The van der Waals surface area contributed by atoms with Crippen LogP contribution >= 0.6 is 0 Å². The number of carbonyl (C=O) groups excluding carboxylic acids is 3. The molecular formula is C69H118O6. The fourth-order valence-electron chi connectivity index (χ4n) is 8.72. The highest BCUT2D eigenvalue weighted by atomic mass is 16.6. The van der Waals surface area contributed by atoms with Crippen molar-refractivity contribution in [3.8, 4) is 0 Å². The lowest BCUT2D eigenvalue weighted by Gasteiger charge is -2.18. The monoisotopic (exact) mass is 1040 g/mol. The summed E-state index contributed by atoms with van der Waals surface area (Å²) in [6, 6.07) is 0. The predicted octanol–water partition coefficient (Wildman–Crippen LogP) is 21.7. The Morgan fingerprint density at radius 1 is 0.267 bits per heavy atom. The summed E-state index contributed by atoms with van der Waals surface area (Å²) in [4.78, 5) is 38.3. The van der Waals surface area contributed by atoms with E-state index >= 15 is 0 Å². The van der Waals surface area contributed by atoms with E-state index in [1.54, 1.807) is 0 Å². The van der Waals surface area contributed by atoms with Crippen LogP contribution in [0.15, 0.2) is 97.2 Å². The standard InChI is InChI=1S/C69H118O6/c1-4-7-10-13-16-19-22-25-28-31-34-37-40-43-46-49-52-55-58-61-67(70)73-64-66(75-69(72)63-60-57-54-51-48-45-42-39-36-33-30-27-24-21-18-15-12-9-6-3)65-74-68(71)62-59-56-53-50-47-44-41-38-35-32-29-26-23-20-17-14-11-8-5-2/h16,18-19,21,25-30,34,36-37,39,43,46,66H,4-15,17,20,22-24,31-33,35,38,40-42,44-45,47-65H2,1-3H3/b19-16-,21-18-,28-25-,29-26-,30-27-,37-34-,39-36-,46-43-/t66-/m0/s1. The van der Waals surface area contributed by atoms with E-state index < -0.39 is 6.10 Å². The first kappa shape index (κ1) is 71.3. The van der Waals surface area contributed by atoms with E-state index in [0.717, 1.165) is 109 Å². The van der Waals surface area contributed by atoms with Crippen LogP contribution in [0.5, 0.6) is 0 Å². The summed E-state index contributed by atoms with van der Waals surface area (Å²) in [6.07, 6.45) is 84.0. The second-order valence-electron chi connectivity index (χ2n) is 21.0. The molecule has 0 spiro atoms. The van der Waals surface area contributed by atoms with E-state index in [2.05, 4.69) is 118 Å². The van der Waals surface area contributed by atoms with Crippen molar-refractivity contribution in [3.05, 3.63) is 97.2 Å². The summed E-state index contributed by atoms with van der Waals surface area (Å²) in [5, 5.41) is 0. The van der Waals surface area contributed by atoms with Crippen LogP contribution in [-0.2, 0) is 28.6 Å². The second-order valence-corrected chi connectivity index (χ2v) is 21.0. The van der Waals surface area contributed by atoms with Crippen LogP contribution in [0.1, 0.15) is 303 Å². The molecule has 0 aromatic carbocycles. The molecule has 0 saturated heterocycles. The Morgan fingerprint density at radius 2 is 0.480 bits per heavy atom. The number of carbonyl (C=O) groups is 3. The van der Waals surface area contributed by atoms with E-state index in [4.69, 9.17) is 14.2 Å². The van der Waals surface area contributed by atoms with E-state index in [1.165, 1.54) is 154 Å². The van der Waals surface area contributed by atoms with Gasteiger partial charge in [-0.2, -0.15) is 0 Å². The van der Waals surface area contributed by atoms with E-state index in [-0.39, 0.29) is 31.1 Å². The Morgan fingerprint density at radius 3 is 0.800 bits per heavy atom. The maximum atomic E-state index is 12.9. The molecule has 0 radical (unpaired) electrons. The number of allylic oxidation sites excluding steroid dienone is 16. The summed E-state index contributed by atoms with van der Waals surface area (Å²) in [7, 11) is 0. The van der Waals surface area contributed by atoms with Gasteiger partial charge >= 0.3 is 17.9 Å². The predicted molar refractivity (Wildman–Crippen MR) is 325 cm³/mol. The molecular weight excluding hydrogens is 925 g/mol. The Balaban J connectivity index is 4.47. The summed E-state index contributed by atoms with van der Waals surface area (Å²) < 4.78 is 16.9. The van der Waals surface area contributed by atoms with E-state index in [0.29, 0.717) is 19.3 Å². The number of rotatable bonds is 57. The number of ether oxygens (including phenoxy) is 3. The molecule has 0 rings (SSSR count). The maximum Gasteiger partial charge on any atom is 0.306 e. The molecule has 0 fully saturated rings. The van der Waals surface area contributed by atoms with Gasteiger partial charge in [-0.3, -0.25) is 14.4 Å². The molecule has 0 aliphatic rings. The normalized spacial score (nSPS) is 12.7. The van der Waals surface area contributed by atoms with E-state index in [9.17, 15) is 14.4 Å². The van der Waals surface area contributed by atoms with Gasteiger partial charge in [-0.25, -0.2) is 0 Å². The minimum Gasteiger partial charge on any atom is -0.462 e. The molecule has 0 amide bonds. The van der Waals surface area contributed by atoms with Crippen molar-refractivity contribution in [2.45, 2.75) is 309 Å². The Bertz CT molecular complexity index is 1480. The minimum atomic E-state index is -0.801. The average molecular weight is 1040 g/mol. The summed E-state index contributed by atoms with van der Waals surface area (Å²) in [6.45, 7) is 6.56. The molecule has 6 nitrogen and oxygen atoms in total. The third-order valence-corrected chi connectivity index (χ3v) is 13.5. The van der Waals surface area contributed by atoms with Crippen molar-refractivity contribution in [2.75, 3.05) is 13.2 Å². The molecule has 0 aliphatic carbocycles. The summed E-state index contributed by atoms with van der Waals surface area (Å²) >= 11 is 0. The quantitative estimate of drug-likeness (QED) is 0.0261. The largest absolute Gasteiger partial charge is 0.462 e. The van der Waals surface area contributed by atoms with Crippen LogP contribution < -0.4 is 0 Å². The van der Waals surface area contributed by atoms with Gasteiger partial charge in [0.1, 0.15) is 13.2 Å². The van der Waals surface area contributed by atoms with Crippen LogP contribution in [0.25, 0.3) is 0 Å². The molecule has 0 N–H and O–H groups in total. The molecule has 0 aromatic heterocycles.